The highest BCUT2D eigenvalue weighted by atomic mass is 32.1. The first-order valence-corrected chi connectivity index (χ1v) is 25.3. The SMILES string of the molecule is C[Si]1(c2ccccc2)C(c2ccccc2)=C(c2ccccc2)C(c2ccccc2)=C1c1ccc(-c2ccc(N(c3ccccc3)c3ccc(O)c(-c4nc5ccccc5s4)c3)cc2)cc1. The van der Waals surface area contributed by atoms with Crippen molar-refractivity contribution in [2.45, 2.75) is 6.55 Å². The molecule has 1 aliphatic rings. The summed E-state index contributed by atoms with van der Waals surface area (Å²) < 4.78 is 1.09. The van der Waals surface area contributed by atoms with Crippen LogP contribution >= 0.6 is 11.3 Å². The highest BCUT2D eigenvalue weighted by molar-refractivity contribution is 7.22. The Labute approximate surface area is 385 Å². The third-order valence-corrected chi connectivity index (χ3v) is 18.3. The van der Waals surface area contributed by atoms with Crippen LogP contribution in [0.5, 0.6) is 5.75 Å². The van der Waals surface area contributed by atoms with Gasteiger partial charge < -0.3 is 10.0 Å². The topological polar surface area (TPSA) is 36.4 Å². The van der Waals surface area contributed by atoms with Crippen molar-refractivity contribution < 1.29 is 5.11 Å². The Morgan fingerprint density at radius 1 is 0.415 bits per heavy atom. The molecular weight excluding hydrogens is 825 g/mol. The number of para-hydroxylation sites is 2. The lowest BCUT2D eigenvalue weighted by molar-refractivity contribution is 0.477. The summed E-state index contributed by atoms with van der Waals surface area (Å²) >= 11 is 1.59. The molecule has 9 aromatic carbocycles. The van der Waals surface area contributed by atoms with Gasteiger partial charge in [0.1, 0.15) is 18.8 Å². The fourth-order valence-electron chi connectivity index (χ4n) is 9.67. The summed E-state index contributed by atoms with van der Waals surface area (Å²) in [5, 5.41) is 16.2. The van der Waals surface area contributed by atoms with E-state index in [-0.39, 0.29) is 5.75 Å². The van der Waals surface area contributed by atoms with Gasteiger partial charge in [-0.2, -0.15) is 0 Å². The van der Waals surface area contributed by atoms with Gasteiger partial charge in [0.15, 0.2) is 0 Å². The van der Waals surface area contributed by atoms with Crippen molar-refractivity contribution in [3.05, 3.63) is 265 Å². The lowest BCUT2D eigenvalue weighted by Crippen LogP contribution is -2.46. The largest absolute Gasteiger partial charge is 0.507 e. The number of phenolic OH excluding ortho intramolecular Hbond substituents is 1. The van der Waals surface area contributed by atoms with E-state index in [1.807, 2.05) is 36.4 Å². The van der Waals surface area contributed by atoms with E-state index in [1.54, 1.807) is 17.4 Å². The van der Waals surface area contributed by atoms with Crippen molar-refractivity contribution in [2.75, 3.05) is 4.90 Å². The summed E-state index contributed by atoms with van der Waals surface area (Å²) in [5.41, 5.74) is 14.5. The minimum atomic E-state index is -2.68. The number of aromatic hydroxyl groups is 1. The van der Waals surface area contributed by atoms with Crippen molar-refractivity contribution in [3.8, 4) is 27.4 Å². The molecule has 2 heterocycles. The first-order chi connectivity index (χ1) is 32.0. The Morgan fingerprint density at radius 3 is 1.42 bits per heavy atom. The zero-order valence-corrected chi connectivity index (χ0v) is 37.7. The van der Waals surface area contributed by atoms with Crippen LogP contribution in [0.25, 0.3) is 53.5 Å². The molecule has 0 radical (unpaired) electrons. The van der Waals surface area contributed by atoms with Crippen LogP contribution in [0.4, 0.5) is 17.1 Å². The molecule has 310 valence electrons. The number of nitrogens with zero attached hydrogens (tertiary/aromatic N) is 2. The summed E-state index contributed by atoms with van der Waals surface area (Å²) in [6, 6.07) is 86.7. The zero-order valence-electron chi connectivity index (χ0n) is 35.8. The Balaban J connectivity index is 1.01. The summed E-state index contributed by atoms with van der Waals surface area (Å²) in [5.74, 6) is 0.207. The number of allylic oxidation sites excluding steroid dienone is 2. The average molecular weight is 869 g/mol. The van der Waals surface area contributed by atoms with Crippen molar-refractivity contribution in [1.82, 2.24) is 4.98 Å². The van der Waals surface area contributed by atoms with E-state index in [0.29, 0.717) is 5.56 Å². The van der Waals surface area contributed by atoms with Gasteiger partial charge in [-0.15, -0.1) is 11.3 Å². The number of anilines is 3. The second kappa shape index (κ2) is 17.0. The lowest BCUT2D eigenvalue weighted by atomic mass is 9.89. The number of aromatic nitrogens is 1. The van der Waals surface area contributed by atoms with Gasteiger partial charge in [0.2, 0.25) is 0 Å². The van der Waals surface area contributed by atoms with E-state index in [0.717, 1.165) is 43.4 Å². The number of rotatable bonds is 10. The van der Waals surface area contributed by atoms with E-state index in [2.05, 4.69) is 212 Å². The molecule has 1 N–H and O–H groups in total. The first kappa shape index (κ1) is 40.0. The van der Waals surface area contributed by atoms with E-state index >= 15 is 0 Å². The standard InChI is InChI=1S/C60H44N2OSSi/c1-65(51-27-15-6-16-28-51)58(46-23-11-4-12-24-46)56(44-19-7-2-8-20-44)57(45-21-9-3-10-22-45)59(65)47-33-31-42(32-34-47)43-35-37-49(38-36-43)62(48-25-13-5-14-26-48)50-39-40-54(63)52(41-50)60-61-53-29-17-18-30-55(53)64-60/h2-41,63H,1H3. The lowest BCUT2D eigenvalue weighted by Gasteiger charge is -2.31. The Hall–Kier alpha value is -7.83. The molecule has 11 rings (SSSR count). The van der Waals surface area contributed by atoms with Crippen LogP contribution in [0.15, 0.2) is 243 Å². The quantitative estimate of drug-likeness (QED) is 0.139. The van der Waals surface area contributed by atoms with Gasteiger partial charge in [-0.1, -0.05) is 195 Å². The van der Waals surface area contributed by atoms with Crippen LogP contribution in [-0.2, 0) is 0 Å². The Morgan fingerprint density at radius 2 is 0.846 bits per heavy atom. The van der Waals surface area contributed by atoms with Crippen LogP contribution in [0.2, 0.25) is 6.55 Å². The summed E-state index contributed by atoms with van der Waals surface area (Å²) in [6.07, 6.45) is 0. The third kappa shape index (κ3) is 7.31. The summed E-state index contributed by atoms with van der Waals surface area (Å²) in [6.45, 7) is 2.56. The highest BCUT2D eigenvalue weighted by Gasteiger charge is 2.48. The minimum absolute atomic E-state index is 0.207. The number of hydrogen-bond acceptors (Lipinski definition) is 4. The summed E-state index contributed by atoms with van der Waals surface area (Å²) in [4.78, 5) is 7.11. The molecule has 0 bridgehead atoms. The van der Waals surface area contributed by atoms with Gasteiger partial charge in [0, 0.05) is 17.1 Å². The van der Waals surface area contributed by atoms with E-state index in [9.17, 15) is 5.11 Å². The molecule has 0 saturated carbocycles. The molecule has 0 amide bonds. The predicted octanol–water partition coefficient (Wildman–Crippen LogP) is 15.4. The molecule has 0 saturated heterocycles. The maximum atomic E-state index is 11.1. The van der Waals surface area contributed by atoms with Crippen molar-refractivity contribution >= 4 is 73.4 Å². The van der Waals surface area contributed by atoms with Crippen LogP contribution in [0, 0.1) is 0 Å². The number of thiazole rings is 1. The monoisotopic (exact) mass is 868 g/mol. The number of benzene rings is 9. The fraction of sp³-hybridized carbons (Fsp3) is 0.0167. The molecule has 10 aromatic rings. The minimum Gasteiger partial charge on any atom is -0.507 e. The van der Waals surface area contributed by atoms with E-state index in [4.69, 9.17) is 4.98 Å². The zero-order chi connectivity index (χ0) is 43.7. The molecule has 3 nitrogen and oxygen atoms in total. The second-order valence-corrected chi connectivity index (χ2v) is 21.4. The number of phenols is 1. The Kier molecular flexibility index (Phi) is 10.5. The van der Waals surface area contributed by atoms with Gasteiger partial charge in [-0.3, -0.25) is 0 Å². The van der Waals surface area contributed by atoms with Crippen molar-refractivity contribution in [1.29, 1.82) is 0 Å². The van der Waals surface area contributed by atoms with Gasteiger partial charge in [-0.05, 0) is 115 Å². The first-order valence-electron chi connectivity index (χ1n) is 22.0. The van der Waals surface area contributed by atoms with Crippen LogP contribution in [-0.4, -0.2) is 18.2 Å². The molecule has 0 spiro atoms. The predicted molar refractivity (Wildman–Crippen MR) is 277 cm³/mol. The van der Waals surface area contributed by atoms with E-state index < -0.39 is 8.07 Å². The van der Waals surface area contributed by atoms with E-state index in [1.165, 1.54) is 49.0 Å². The average Bonchev–Trinajstić information content (AvgIpc) is 3.94. The van der Waals surface area contributed by atoms with Gasteiger partial charge >= 0.3 is 0 Å². The molecule has 0 fully saturated rings. The van der Waals surface area contributed by atoms with Crippen molar-refractivity contribution in [2.24, 2.45) is 0 Å². The number of fused-ring (bicyclic) bond motifs is 1. The van der Waals surface area contributed by atoms with Gasteiger partial charge in [0.05, 0.1) is 15.8 Å². The molecule has 65 heavy (non-hydrogen) atoms. The molecule has 1 unspecified atom stereocenters. The Bertz CT molecular complexity index is 3320. The van der Waals surface area contributed by atoms with Crippen molar-refractivity contribution in [3.63, 3.8) is 0 Å². The molecule has 1 atom stereocenters. The van der Waals surface area contributed by atoms with Gasteiger partial charge in [-0.25, -0.2) is 4.98 Å². The third-order valence-electron chi connectivity index (χ3n) is 12.7. The van der Waals surface area contributed by atoms with Crippen LogP contribution < -0.4 is 10.1 Å². The maximum absolute atomic E-state index is 11.1. The molecule has 0 aliphatic carbocycles. The van der Waals surface area contributed by atoms with Crippen LogP contribution in [0.3, 0.4) is 0 Å². The fourth-order valence-corrected chi connectivity index (χ4v) is 15.4. The van der Waals surface area contributed by atoms with Gasteiger partial charge in [0.25, 0.3) is 0 Å². The smallest absolute Gasteiger partial charge is 0.148 e. The van der Waals surface area contributed by atoms with Crippen LogP contribution in [0.1, 0.15) is 22.3 Å². The maximum Gasteiger partial charge on any atom is 0.148 e. The molecule has 1 aromatic heterocycles. The molecule has 5 heteroatoms. The normalized spacial score (nSPS) is 14.8. The second-order valence-electron chi connectivity index (χ2n) is 16.6. The number of hydrogen-bond donors (Lipinski definition) is 1. The summed E-state index contributed by atoms with van der Waals surface area (Å²) in [7, 11) is -2.68. The molecular formula is C60H44N2OSSi. The molecule has 1 aliphatic heterocycles. The highest BCUT2D eigenvalue weighted by Crippen LogP contribution is 2.55.